The van der Waals surface area contributed by atoms with Crippen molar-refractivity contribution in [3.8, 4) is 0 Å². The van der Waals surface area contributed by atoms with Crippen LogP contribution in [0.5, 0.6) is 0 Å². The van der Waals surface area contributed by atoms with Gasteiger partial charge in [-0.2, -0.15) is 13.1 Å². The molecule has 0 spiro atoms. The summed E-state index contributed by atoms with van der Waals surface area (Å²) in [7, 11) is -3.84. The molecule has 2 N–H and O–H groups in total. The number of piperidine rings is 1. The molecular formula is C20H20N4O5S2. The quantitative estimate of drug-likeness (QED) is 0.599. The van der Waals surface area contributed by atoms with Crippen LogP contribution in [0.2, 0.25) is 0 Å². The number of amides is 1. The number of carbonyl (C=O) groups excluding carboxylic acids is 1. The molecule has 1 fully saturated rings. The standard InChI is InChI=1S/C20H20N4O5S2/c1-12-7-8-13(20(26)27)10-16(12)21-19(25)14-4-3-9-24(11-14)31(28,29)17-6-2-5-15-18(17)23-30-22-15/h2,5-8,10,14H,3-4,9,11H2,1H3,(H,21,25)(H,26,27). The molecule has 0 bridgehead atoms. The minimum atomic E-state index is -3.84. The van der Waals surface area contributed by atoms with E-state index in [2.05, 4.69) is 14.1 Å². The number of hydrogen-bond acceptors (Lipinski definition) is 7. The number of rotatable bonds is 5. The van der Waals surface area contributed by atoms with E-state index in [9.17, 15) is 23.1 Å². The monoisotopic (exact) mass is 460 g/mol. The van der Waals surface area contributed by atoms with Crippen LogP contribution in [0, 0.1) is 12.8 Å². The Bertz CT molecular complexity index is 1270. The van der Waals surface area contributed by atoms with E-state index < -0.39 is 21.9 Å². The molecule has 2 aromatic carbocycles. The van der Waals surface area contributed by atoms with E-state index in [1.54, 1.807) is 25.1 Å². The lowest BCUT2D eigenvalue weighted by Crippen LogP contribution is -2.43. The molecule has 1 aliphatic rings. The fraction of sp³-hybridized carbons (Fsp3) is 0.300. The van der Waals surface area contributed by atoms with Gasteiger partial charge >= 0.3 is 5.97 Å². The summed E-state index contributed by atoms with van der Waals surface area (Å²) in [6.07, 6.45) is 1.08. The van der Waals surface area contributed by atoms with Gasteiger partial charge < -0.3 is 10.4 Å². The highest BCUT2D eigenvalue weighted by Crippen LogP contribution is 2.29. The Morgan fingerprint density at radius 2 is 2.03 bits per heavy atom. The van der Waals surface area contributed by atoms with Crippen molar-refractivity contribution in [1.29, 1.82) is 0 Å². The maximum absolute atomic E-state index is 13.3. The smallest absolute Gasteiger partial charge is 0.335 e. The van der Waals surface area contributed by atoms with Crippen LogP contribution in [0.25, 0.3) is 11.0 Å². The van der Waals surface area contributed by atoms with E-state index in [-0.39, 0.29) is 22.9 Å². The molecule has 3 aromatic rings. The van der Waals surface area contributed by atoms with Crippen LogP contribution in [0.3, 0.4) is 0 Å². The van der Waals surface area contributed by atoms with Crippen molar-refractivity contribution >= 4 is 50.3 Å². The molecule has 162 valence electrons. The number of carboxylic acids is 1. The lowest BCUT2D eigenvalue weighted by atomic mass is 9.98. The van der Waals surface area contributed by atoms with Crippen LogP contribution >= 0.6 is 11.7 Å². The Morgan fingerprint density at radius 3 is 2.81 bits per heavy atom. The summed E-state index contributed by atoms with van der Waals surface area (Å²) in [5.41, 5.74) is 2.05. The Hall–Kier alpha value is -2.89. The summed E-state index contributed by atoms with van der Waals surface area (Å²) >= 11 is 0.952. The normalized spacial score (nSPS) is 17.5. The van der Waals surface area contributed by atoms with E-state index in [1.165, 1.54) is 22.5 Å². The molecule has 1 unspecified atom stereocenters. The second-order valence-corrected chi connectivity index (χ2v) is 9.85. The number of carboxylic acid groups (broad SMARTS) is 1. The number of aryl methyl sites for hydroxylation is 1. The SMILES string of the molecule is Cc1ccc(C(=O)O)cc1NC(=O)C1CCCN(S(=O)(=O)c2cccc3nsnc23)C1. The fourth-order valence-electron chi connectivity index (χ4n) is 3.63. The third kappa shape index (κ3) is 4.16. The Morgan fingerprint density at radius 1 is 1.23 bits per heavy atom. The predicted molar refractivity (Wildman–Crippen MR) is 116 cm³/mol. The van der Waals surface area contributed by atoms with E-state index in [0.717, 1.165) is 17.3 Å². The van der Waals surface area contributed by atoms with Crippen LogP contribution in [0.4, 0.5) is 5.69 Å². The van der Waals surface area contributed by atoms with Crippen molar-refractivity contribution in [2.75, 3.05) is 18.4 Å². The average molecular weight is 461 g/mol. The molecule has 31 heavy (non-hydrogen) atoms. The minimum Gasteiger partial charge on any atom is -0.478 e. The number of fused-ring (bicyclic) bond motifs is 1. The molecule has 1 aliphatic heterocycles. The molecule has 0 saturated carbocycles. The summed E-state index contributed by atoms with van der Waals surface area (Å²) in [5, 5.41) is 11.9. The zero-order chi connectivity index (χ0) is 22.2. The molecule has 1 amide bonds. The van der Waals surface area contributed by atoms with Crippen LogP contribution in [-0.4, -0.2) is 51.5 Å². The first kappa shape index (κ1) is 21.3. The number of anilines is 1. The Labute approximate surface area is 183 Å². The topological polar surface area (TPSA) is 130 Å². The summed E-state index contributed by atoms with van der Waals surface area (Å²) in [6.45, 7) is 2.12. The van der Waals surface area contributed by atoms with E-state index >= 15 is 0 Å². The molecule has 9 nitrogen and oxygen atoms in total. The van der Waals surface area contributed by atoms with Gasteiger partial charge in [0.05, 0.1) is 23.2 Å². The molecule has 4 rings (SSSR count). The largest absolute Gasteiger partial charge is 0.478 e. The number of hydrogen-bond donors (Lipinski definition) is 2. The molecular weight excluding hydrogens is 440 g/mol. The summed E-state index contributed by atoms with van der Waals surface area (Å²) in [6, 6.07) is 9.34. The zero-order valence-corrected chi connectivity index (χ0v) is 18.2. The van der Waals surface area contributed by atoms with Gasteiger partial charge in [0.1, 0.15) is 15.9 Å². The average Bonchev–Trinajstić information content (AvgIpc) is 3.24. The van der Waals surface area contributed by atoms with Gasteiger partial charge in [-0.15, -0.1) is 0 Å². The maximum atomic E-state index is 13.3. The molecule has 0 radical (unpaired) electrons. The number of aromatic nitrogens is 2. The highest BCUT2D eigenvalue weighted by molar-refractivity contribution is 7.89. The predicted octanol–water partition coefficient (Wildman–Crippen LogP) is 2.74. The second kappa shape index (κ2) is 8.33. The first-order valence-electron chi connectivity index (χ1n) is 9.63. The molecule has 0 aliphatic carbocycles. The number of sulfonamides is 1. The molecule has 1 atom stereocenters. The summed E-state index contributed by atoms with van der Waals surface area (Å²) in [4.78, 5) is 24.2. The first-order chi connectivity index (χ1) is 14.8. The van der Waals surface area contributed by atoms with E-state index in [0.29, 0.717) is 36.1 Å². The van der Waals surface area contributed by atoms with Crippen LogP contribution in [-0.2, 0) is 14.8 Å². The molecule has 2 heterocycles. The lowest BCUT2D eigenvalue weighted by molar-refractivity contribution is -0.120. The maximum Gasteiger partial charge on any atom is 0.335 e. The second-order valence-electron chi connectivity index (χ2n) is 7.41. The third-order valence-electron chi connectivity index (χ3n) is 5.36. The summed E-state index contributed by atoms with van der Waals surface area (Å²) < 4.78 is 36.1. The van der Waals surface area contributed by atoms with Gasteiger partial charge in [-0.25, -0.2) is 13.2 Å². The Balaban J connectivity index is 1.55. The van der Waals surface area contributed by atoms with E-state index in [4.69, 9.17) is 0 Å². The van der Waals surface area contributed by atoms with Crippen LogP contribution in [0.1, 0.15) is 28.8 Å². The van der Waals surface area contributed by atoms with Crippen LogP contribution in [0.15, 0.2) is 41.3 Å². The Kier molecular flexibility index (Phi) is 5.73. The van der Waals surface area contributed by atoms with Gasteiger partial charge in [0.25, 0.3) is 0 Å². The summed E-state index contributed by atoms with van der Waals surface area (Å²) in [5.74, 6) is -1.97. The van der Waals surface area contributed by atoms with Gasteiger partial charge in [0.15, 0.2) is 0 Å². The molecule has 1 aromatic heterocycles. The third-order valence-corrected chi connectivity index (χ3v) is 7.80. The van der Waals surface area contributed by atoms with E-state index in [1.807, 2.05) is 0 Å². The van der Waals surface area contributed by atoms with Gasteiger partial charge in [-0.1, -0.05) is 12.1 Å². The van der Waals surface area contributed by atoms with Crippen LogP contribution < -0.4 is 5.32 Å². The van der Waals surface area contributed by atoms with Gasteiger partial charge in [-0.3, -0.25) is 4.79 Å². The molecule has 1 saturated heterocycles. The number of nitrogens with one attached hydrogen (secondary N) is 1. The fourth-order valence-corrected chi connectivity index (χ4v) is 5.90. The number of aromatic carboxylic acids is 1. The lowest BCUT2D eigenvalue weighted by Gasteiger charge is -2.31. The number of carbonyl (C=O) groups is 2. The van der Waals surface area contributed by atoms with Gasteiger partial charge in [0, 0.05) is 18.8 Å². The van der Waals surface area contributed by atoms with Crippen molar-refractivity contribution in [2.45, 2.75) is 24.7 Å². The van der Waals surface area contributed by atoms with Crippen molar-refractivity contribution < 1.29 is 23.1 Å². The van der Waals surface area contributed by atoms with Crippen molar-refractivity contribution in [2.24, 2.45) is 5.92 Å². The van der Waals surface area contributed by atoms with Crippen molar-refractivity contribution in [3.05, 3.63) is 47.5 Å². The molecule has 11 heteroatoms. The number of benzene rings is 2. The van der Waals surface area contributed by atoms with Gasteiger partial charge in [0.2, 0.25) is 15.9 Å². The van der Waals surface area contributed by atoms with Gasteiger partial charge in [-0.05, 0) is 49.6 Å². The number of nitrogens with zero attached hydrogens (tertiary/aromatic N) is 3. The highest BCUT2D eigenvalue weighted by atomic mass is 32.2. The first-order valence-corrected chi connectivity index (χ1v) is 11.8. The van der Waals surface area contributed by atoms with Crippen molar-refractivity contribution in [3.63, 3.8) is 0 Å². The van der Waals surface area contributed by atoms with Crippen molar-refractivity contribution in [1.82, 2.24) is 13.1 Å². The minimum absolute atomic E-state index is 0.0415. The zero-order valence-electron chi connectivity index (χ0n) is 16.6. The highest BCUT2D eigenvalue weighted by Gasteiger charge is 2.34.